The van der Waals surface area contributed by atoms with E-state index in [4.69, 9.17) is 4.74 Å². The molecule has 1 N–H and O–H groups in total. The summed E-state index contributed by atoms with van der Waals surface area (Å²) in [5.74, 6) is -0.302. The molecule has 0 bridgehead atoms. The topological polar surface area (TPSA) is 66.8 Å². The third kappa shape index (κ3) is 3.11. The molecule has 4 rings (SSSR count). The molecule has 3 unspecified atom stereocenters. The van der Waals surface area contributed by atoms with Crippen LogP contribution in [0.1, 0.15) is 24.8 Å². The minimum Gasteiger partial charge on any atom is -0.497 e. The second kappa shape index (κ2) is 7.13. The van der Waals surface area contributed by atoms with E-state index in [9.17, 15) is 17.9 Å². The number of methoxy groups -OCH3 is 1. The van der Waals surface area contributed by atoms with E-state index < -0.39 is 21.4 Å². The van der Waals surface area contributed by atoms with Gasteiger partial charge in [0, 0.05) is 19.0 Å². The molecule has 2 aliphatic rings. The minimum atomic E-state index is -3.95. The lowest BCUT2D eigenvalue weighted by atomic mass is 9.67. The van der Waals surface area contributed by atoms with E-state index in [1.807, 2.05) is 24.3 Å². The van der Waals surface area contributed by atoms with Gasteiger partial charge in [-0.1, -0.05) is 24.3 Å². The summed E-state index contributed by atoms with van der Waals surface area (Å²) in [6.07, 6.45) is 2.22. The van der Waals surface area contributed by atoms with Crippen molar-refractivity contribution in [3.8, 4) is 5.75 Å². The first-order valence-corrected chi connectivity index (χ1v) is 10.9. The van der Waals surface area contributed by atoms with Crippen molar-refractivity contribution in [2.24, 2.45) is 11.8 Å². The largest absolute Gasteiger partial charge is 0.497 e. The average molecular weight is 405 g/mol. The van der Waals surface area contributed by atoms with Crippen LogP contribution in [0, 0.1) is 17.7 Å². The van der Waals surface area contributed by atoms with Crippen molar-refractivity contribution in [2.75, 3.05) is 20.2 Å². The van der Waals surface area contributed by atoms with Crippen molar-refractivity contribution in [3.05, 3.63) is 59.9 Å². The van der Waals surface area contributed by atoms with Gasteiger partial charge in [-0.2, -0.15) is 4.31 Å². The average Bonchev–Trinajstić information content (AvgIpc) is 3.15. The highest BCUT2D eigenvalue weighted by atomic mass is 32.2. The van der Waals surface area contributed by atoms with Gasteiger partial charge in [0.1, 0.15) is 16.5 Å². The molecule has 2 fully saturated rings. The fourth-order valence-corrected chi connectivity index (χ4v) is 6.31. The summed E-state index contributed by atoms with van der Waals surface area (Å²) in [4.78, 5) is -0.307. The molecule has 2 aromatic carbocycles. The lowest BCUT2D eigenvalue weighted by molar-refractivity contribution is -0.0641. The Balaban J connectivity index is 1.67. The van der Waals surface area contributed by atoms with Crippen molar-refractivity contribution in [1.82, 2.24) is 4.31 Å². The van der Waals surface area contributed by atoms with E-state index in [1.54, 1.807) is 7.11 Å². The fraction of sp³-hybridized carbons (Fsp3) is 0.429. The van der Waals surface area contributed by atoms with Gasteiger partial charge < -0.3 is 9.84 Å². The Morgan fingerprint density at radius 1 is 1.18 bits per heavy atom. The second-order valence-corrected chi connectivity index (χ2v) is 9.57. The SMILES string of the molecule is COc1cccc(C2(O)CCCC3CN(S(=O)(=O)c4ccccc4F)CC32)c1. The standard InChI is InChI=1S/C21H24FNO4S/c1-27-17-8-4-7-16(12-17)21(24)11-5-6-15-13-23(14-18(15)21)28(25,26)20-10-3-2-9-19(20)22/h2-4,7-10,12,15,18,24H,5-6,11,13-14H2,1H3. The van der Waals surface area contributed by atoms with Gasteiger partial charge in [-0.05, 0) is 55.0 Å². The van der Waals surface area contributed by atoms with Crippen molar-refractivity contribution in [3.63, 3.8) is 0 Å². The quantitative estimate of drug-likeness (QED) is 0.849. The molecule has 3 atom stereocenters. The number of hydrogen-bond donors (Lipinski definition) is 1. The van der Waals surface area contributed by atoms with Crippen molar-refractivity contribution in [2.45, 2.75) is 29.8 Å². The number of rotatable bonds is 4. The third-order valence-electron chi connectivity index (χ3n) is 6.18. The molecule has 0 spiro atoms. The third-order valence-corrected chi connectivity index (χ3v) is 8.04. The highest BCUT2D eigenvalue weighted by Gasteiger charge is 2.52. The Bertz CT molecular complexity index is 980. The van der Waals surface area contributed by atoms with Crippen LogP contribution < -0.4 is 4.74 Å². The molecule has 5 nitrogen and oxygen atoms in total. The fourth-order valence-electron chi connectivity index (χ4n) is 4.72. The summed E-state index contributed by atoms with van der Waals surface area (Å²) in [5, 5.41) is 11.6. The molecule has 1 saturated heterocycles. The molecule has 2 aromatic rings. The van der Waals surface area contributed by atoms with Crippen LogP contribution in [0.2, 0.25) is 0 Å². The van der Waals surface area contributed by atoms with Gasteiger partial charge >= 0.3 is 0 Å². The summed E-state index contributed by atoms with van der Waals surface area (Å²) >= 11 is 0. The van der Waals surface area contributed by atoms with Crippen LogP contribution in [0.25, 0.3) is 0 Å². The number of aliphatic hydroxyl groups is 1. The Labute approximate surface area is 164 Å². The first-order chi connectivity index (χ1) is 13.4. The molecule has 7 heteroatoms. The maximum atomic E-state index is 14.1. The molecule has 1 saturated carbocycles. The Morgan fingerprint density at radius 3 is 2.71 bits per heavy atom. The number of sulfonamides is 1. The molecule has 1 aliphatic carbocycles. The van der Waals surface area contributed by atoms with Crippen LogP contribution in [0.5, 0.6) is 5.75 Å². The summed E-state index contributed by atoms with van der Waals surface area (Å²) < 4.78 is 46.8. The van der Waals surface area contributed by atoms with Crippen molar-refractivity contribution in [1.29, 1.82) is 0 Å². The van der Waals surface area contributed by atoms with Gasteiger partial charge in [0.2, 0.25) is 10.0 Å². The van der Waals surface area contributed by atoms with Gasteiger partial charge in [-0.15, -0.1) is 0 Å². The first kappa shape index (κ1) is 19.4. The Morgan fingerprint density at radius 2 is 1.96 bits per heavy atom. The predicted molar refractivity (Wildman–Crippen MR) is 103 cm³/mol. The Kier molecular flexibility index (Phi) is 4.93. The lowest BCUT2D eigenvalue weighted by Crippen LogP contribution is -2.43. The molecule has 28 heavy (non-hydrogen) atoms. The highest BCUT2D eigenvalue weighted by molar-refractivity contribution is 7.89. The van der Waals surface area contributed by atoms with Crippen LogP contribution in [0.15, 0.2) is 53.4 Å². The van der Waals surface area contributed by atoms with Gasteiger partial charge in [-0.3, -0.25) is 0 Å². The molecule has 1 heterocycles. The molecule has 0 amide bonds. The van der Waals surface area contributed by atoms with Crippen LogP contribution in [0.4, 0.5) is 4.39 Å². The molecule has 150 valence electrons. The minimum absolute atomic E-state index is 0.0338. The molecule has 0 radical (unpaired) electrons. The van der Waals surface area contributed by atoms with Gasteiger partial charge in [0.05, 0.1) is 12.7 Å². The monoisotopic (exact) mass is 405 g/mol. The predicted octanol–water partition coefficient (Wildman–Crippen LogP) is 3.14. The smallest absolute Gasteiger partial charge is 0.246 e. The van der Waals surface area contributed by atoms with E-state index in [0.717, 1.165) is 24.5 Å². The van der Waals surface area contributed by atoms with E-state index in [0.29, 0.717) is 18.7 Å². The molecule has 1 aliphatic heterocycles. The molecule has 0 aromatic heterocycles. The summed E-state index contributed by atoms with van der Waals surface area (Å²) in [6, 6.07) is 12.8. The number of benzene rings is 2. The Hall–Kier alpha value is -1.96. The zero-order valence-electron chi connectivity index (χ0n) is 15.7. The first-order valence-electron chi connectivity index (χ1n) is 9.48. The van der Waals surface area contributed by atoms with Crippen LogP contribution in [-0.4, -0.2) is 38.0 Å². The normalized spacial score (nSPS) is 28.1. The van der Waals surface area contributed by atoms with Crippen molar-refractivity contribution < 1.29 is 22.7 Å². The molecular weight excluding hydrogens is 381 g/mol. The number of halogens is 1. The van der Waals surface area contributed by atoms with E-state index in [1.165, 1.54) is 22.5 Å². The lowest BCUT2D eigenvalue weighted by Gasteiger charge is -2.41. The maximum Gasteiger partial charge on any atom is 0.246 e. The van der Waals surface area contributed by atoms with Crippen LogP contribution in [0.3, 0.4) is 0 Å². The number of hydrogen-bond acceptors (Lipinski definition) is 4. The number of ether oxygens (including phenoxy) is 1. The van der Waals surface area contributed by atoms with Gasteiger partial charge in [0.25, 0.3) is 0 Å². The van der Waals surface area contributed by atoms with E-state index in [2.05, 4.69) is 0 Å². The summed E-state index contributed by atoms with van der Waals surface area (Å²) in [5.41, 5.74) is -0.386. The number of nitrogens with zero attached hydrogens (tertiary/aromatic N) is 1. The summed E-state index contributed by atoms with van der Waals surface area (Å²) in [7, 11) is -2.38. The maximum absolute atomic E-state index is 14.1. The zero-order valence-corrected chi connectivity index (χ0v) is 16.5. The summed E-state index contributed by atoms with van der Waals surface area (Å²) in [6.45, 7) is 0.475. The van der Waals surface area contributed by atoms with Gasteiger partial charge in [0.15, 0.2) is 0 Å². The van der Waals surface area contributed by atoms with Crippen LogP contribution >= 0.6 is 0 Å². The molecular formula is C21H24FNO4S. The van der Waals surface area contributed by atoms with Crippen LogP contribution in [-0.2, 0) is 15.6 Å². The second-order valence-electron chi connectivity index (χ2n) is 7.67. The van der Waals surface area contributed by atoms with E-state index >= 15 is 0 Å². The van der Waals surface area contributed by atoms with E-state index in [-0.39, 0.29) is 23.3 Å². The van der Waals surface area contributed by atoms with Crippen molar-refractivity contribution >= 4 is 10.0 Å². The zero-order chi connectivity index (χ0) is 19.9. The highest BCUT2D eigenvalue weighted by Crippen LogP contribution is 2.49. The van der Waals surface area contributed by atoms with Gasteiger partial charge in [-0.25, -0.2) is 12.8 Å². The number of fused-ring (bicyclic) bond motifs is 1.